The van der Waals surface area contributed by atoms with Crippen LogP contribution in [0.15, 0.2) is 30.6 Å². The van der Waals surface area contributed by atoms with Crippen molar-refractivity contribution in [2.75, 3.05) is 50.1 Å². The molecule has 2 aromatic rings. The predicted molar refractivity (Wildman–Crippen MR) is 92.8 cm³/mol. The highest BCUT2D eigenvalue weighted by atomic mass is 15.3. The fourth-order valence-corrected chi connectivity index (χ4v) is 2.76. The van der Waals surface area contributed by atoms with Crippen molar-refractivity contribution in [3.05, 3.63) is 41.9 Å². The summed E-state index contributed by atoms with van der Waals surface area (Å²) in [7, 11) is 3.93. The number of hydrogen-bond donors (Lipinski definition) is 0. The lowest BCUT2D eigenvalue weighted by molar-refractivity contribution is 0.246. The van der Waals surface area contributed by atoms with E-state index in [0.717, 1.165) is 44.5 Å². The van der Waals surface area contributed by atoms with Crippen LogP contribution in [0.25, 0.3) is 0 Å². The zero-order chi connectivity index (χ0) is 16.2. The third kappa shape index (κ3) is 3.76. The van der Waals surface area contributed by atoms with Crippen LogP contribution in [0.1, 0.15) is 11.3 Å². The number of pyridine rings is 1. The number of nitrogens with zero attached hydrogens (tertiary/aromatic N) is 6. The molecule has 6 heteroatoms. The van der Waals surface area contributed by atoms with Gasteiger partial charge in [-0.2, -0.15) is 4.98 Å². The molecular formula is C17H24N6. The van der Waals surface area contributed by atoms with Gasteiger partial charge in [-0.1, -0.05) is 6.07 Å². The Hall–Kier alpha value is -2.21. The third-order valence-electron chi connectivity index (χ3n) is 4.22. The normalized spacial score (nSPS) is 15.7. The zero-order valence-corrected chi connectivity index (χ0v) is 14.1. The van der Waals surface area contributed by atoms with Gasteiger partial charge in [0.1, 0.15) is 5.82 Å². The van der Waals surface area contributed by atoms with Crippen LogP contribution in [0.3, 0.4) is 0 Å². The van der Waals surface area contributed by atoms with Gasteiger partial charge in [0.05, 0.1) is 5.69 Å². The van der Waals surface area contributed by atoms with E-state index in [1.54, 1.807) is 0 Å². The fraction of sp³-hybridized carbons (Fsp3) is 0.471. The molecule has 0 bridgehead atoms. The summed E-state index contributed by atoms with van der Waals surface area (Å²) < 4.78 is 0. The Kier molecular flexibility index (Phi) is 4.71. The van der Waals surface area contributed by atoms with Gasteiger partial charge in [0.25, 0.3) is 0 Å². The summed E-state index contributed by atoms with van der Waals surface area (Å²) in [6, 6.07) is 6.11. The molecule has 2 aromatic heterocycles. The van der Waals surface area contributed by atoms with Crippen LogP contribution in [0.5, 0.6) is 0 Å². The molecule has 6 nitrogen and oxygen atoms in total. The molecule has 122 valence electrons. The second-order valence-corrected chi connectivity index (χ2v) is 6.14. The molecule has 0 N–H and O–H groups in total. The van der Waals surface area contributed by atoms with Crippen LogP contribution in [0, 0.1) is 6.92 Å². The summed E-state index contributed by atoms with van der Waals surface area (Å²) in [4.78, 5) is 20.1. The Morgan fingerprint density at radius 2 is 1.83 bits per heavy atom. The summed E-state index contributed by atoms with van der Waals surface area (Å²) >= 11 is 0. The van der Waals surface area contributed by atoms with Gasteiger partial charge in [-0.15, -0.1) is 0 Å². The summed E-state index contributed by atoms with van der Waals surface area (Å²) in [6.45, 7) is 7.07. The highest BCUT2D eigenvalue weighted by molar-refractivity contribution is 5.43. The minimum absolute atomic E-state index is 0.758. The van der Waals surface area contributed by atoms with E-state index >= 15 is 0 Å². The molecule has 0 atom stereocenters. The standard InChI is InChI=1S/C17H24N6/c1-14-5-4-7-18-15(14)13-22-9-11-23(12-10-22)16-6-8-19-17(20-16)21(2)3/h4-8H,9-13H2,1-3H3. The van der Waals surface area contributed by atoms with Crippen molar-refractivity contribution in [2.24, 2.45) is 0 Å². The Morgan fingerprint density at radius 3 is 2.52 bits per heavy atom. The maximum absolute atomic E-state index is 4.63. The second kappa shape index (κ2) is 6.91. The van der Waals surface area contributed by atoms with E-state index < -0.39 is 0 Å². The van der Waals surface area contributed by atoms with E-state index in [4.69, 9.17) is 0 Å². The van der Waals surface area contributed by atoms with E-state index in [2.05, 4.69) is 37.7 Å². The van der Waals surface area contributed by atoms with E-state index in [9.17, 15) is 0 Å². The molecular weight excluding hydrogens is 288 g/mol. The van der Waals surface area contributed by atoms with Gasteiger partial charge in [0, 0.05) is 59.2 Å². The van der Waals surface area contributed by atoms with Crippen molar-refractivity contribution >= 4 is 11.8 Å². The molecule has 0 spiro atoms. The molecule has 0 aliphatic carbocycles. The highest BCUT2D eigenvalue weighted by Crippen LogP contribution is 2.17. The molecule has 3 heterocycles. The molecule has 0 saturated carbocycles. The number of aromatic nitrogens is 3. The lowest BCUT2D eigenvalue weighted by Gasteiger charge is -2.35. The number of aryl methyl sites for hydroxylation is 1. The third-order valence-corrected chi connectivity index (χ3v) is 4.22. The van der Waals surface area contributed by atoms with Crippen LogP contribution >= 0.6 is 0 Å². The van der Waals surface area contributed by atoms with Gasteiger partial charge in [0.2, 0.25) is 5.95 Å². The summed E-state index contributed by atoms with van der Waals surface area (Å²) in [6.07, 6.45) is 3.71. The first-order chi connectivity index (χ1) is 11.1. The zero-order valence-electron chi connectivity index (χ0n) is 14.1. The minimum atomic E-state index is 0.758. The van der Waals surface area contributed by atoms with Crippen molar-refractivity contribution in [2.45, 2.75) is 13.5 Å². The van der Waals surface area contributed by atoms with Crippen molar-refractivity contribution in [3.8, 4) is 0 Å². The van der Waals surface area contributed by atoms with E-state index in [-0.39, 0.29) is 0 Å². The lowest BCUT2D eigenvalue weighted by atomic mass is 10.2. The Labute approximate surface area is 137 Å². The largest absolute Gasteiger partial charge is 0.354 e. The minimum Gasteiger partial charge on any atom is -0.354 e. The SMILES string of the molecule is Cc1cccnc1CN1CCN(c2ccnc(N(C)C)n2)CC1. The number of anilines is 2. The van der Waals surface area contributed by atoms with Crippen LogP contribution in [0.4, 0.5) is 11.8 Å². The van der Waals surface area contributed by atoms with Gasteiger partial charge < -0.3 is 9.80 Å². The second-order valence-electron chi connectivity index (χ2n) is 6.14. The van der Waals surface area contributed by atoms with Crippen LogP contribution < -0.4 is 9.80 Å². The molecule has 1 aliphatic rings. The van der Waals surface area contributed by atoms with Gasteiger partial charge in [-0.3, -0.25) is 9.88 Å². The molecule has 0 aromatic carbocycles. The van der Waals surface area contributed by atoms with Crippen LogP contribution in [0.2, 0.25) is 0 Å². The van der Waals surface area contributed by atoms with E-state index in [0.29, 0.717) is 0 Å². The molecule has 0 amide bonds. The molecule has 3 rings (SSSR count). The van der Waals surface area contributed by atoms with Gasteiger partial charge in [0.15, 0.2) is 0 Å². The average Bonchev–Trinajstić information content (AvgIpc) is 2.58. The predicted octanol–water partition coefficient (Wildman–Crippen LogP) is 1.57. The maximum Gasteiger partial charge on any atom is 0.226 e. The first kappa shape index (κ1) is 15.7. The van der Waals surface area contributed by atoms with Crippen molar-refractivity contribution in [3.63, 3.8) is 0 Å². The molecule has 1 fully saturated rings. The Balaban J connectivity index is 1.60. The van der Waals surface area contributed by atoms with Gasteiger partial charge >= 0.3 is 0 Å². The first-order valence-electron chi connectivity index (χ1n) is 8.01. The highest BCUT2D eigenvalue weighted by Gasteiger charge is 2.19. The quantitative estimate of drug-likeness (QED) is 0.854. The van der Waals surface area contributed by atoms with Crippen molar-refractivity contribution in [1.82, 2.24) is 19.9 Å². The van der Waals surface area contributed by atoms with Gasteiger partial charge in [-0.05, 0) is 24.6 Å². The van der Waals surface area contributed by atoms with Crippen LogP contribution in [-0.2, 0) is 6.54 Å². The topological polar surface area (TPSA) is 48.4 Å². The monoisotopic (exact) mass is 312 g/mol. The maximum atomic E-state index is 4.63. The van der Waals surface area contributed by atoms with Crippen molar-refractivity contribution in [1.29, 1.82) is 0 Å². The lowest BCUT2D eigenvalue weighted by Crippen LogP contribution is -2.46. The molecule has 1 aliphatic heterocycles. The van der Waals surface area contributed by atoms with Gasteiger partial charge in [-0.25, -0.2) is 4.98 Å². The Bertz CT molecular complexity index is 649. The number of hydrogen-bond acceptors (Lipinski definition) is 6. The van der Waals surface area contributed by atoms with E-state index in [1.165, 1.54) is 11.3 Å². The van der Waals surface area contributed by atoms with E-state index in [1.807, 2.05) is 43.5 Å². The van der Waals surface area contributed by atoms with Crippen molar-refractivity contribution < 1.29 is 0 Å². The molecule has 1 saturated heterocycles. The summed E-state index contributed by atoms with van der Waals surface area (Å²) in [5, 5.41) is 0. The summed E-state index contributed by atoms with van der Waals surface area (Å²) in [5.74, 6) is 1.77. The van der Waals surface area contributed by atoms with Crippen LogP contribution in [-0.4, -0.2) is 60.1 Å². The smallest absolute Gasteiger partial charge is 0.226 e. The average molecular weight is 312 g/mol. The first-order valence-corrected chi connectivity index (χ1v) is 8.01. The Morgan fingerprint density at radius 1 is 1.04 bits per heavy atom. The number of piperazine rings is 1. The fourth-order valence-electron chi connectivity index (χ4n) is 2.76. The molecule has 0 unspecified atom stereocenters. The number of rotatable bonds is 4. The summed E-state index contributed by atoms with van der Waals surface area (Å²) in [5.41, 5.74) is 2.44. The molecule has 23 heavy (non-hydrogen) atoms. The molecule has 0 radical (unpaired) electrons.